The third-order valence-corrected chi connectivity index (χ3v) is 4.73. The maximum absolute atomic E-state index is 12.5. The number of carbonyl (C=O) groups excluding carboxylic acids is 1. The molecular weight excluding hydrogens is 376 g/mol. The molecule has 3 N–H and O–H groups in total. The lowest BCUT2D eigenvalue weighted by molar-refractivity contribution is -0.274. The van der Waals surface area contributed by atoms with Crippen LogP contribution in [0.1, 0.15) is 40.2 Å². The molecule has 1 aliphatic heterocycles. The molecule has 1 saturated heterocycles. The van der Waals surface area contributed by atoms with Gasteiger partial charge in [0.1, 0.15) is 5.75 Å². The Morgan fingerprint density at radius 2 is 1.82 bits per heavy atom. The van der Waals surface area contributed by atoms with Crippen LogP contribution in [-0.2, 0) is 14.1 Å². The molecule has 0 atom stereocenters. The molecule has 6 nitrogen and oxygen atoms in total. The van der Waals surface area contributed by atoms with Gasteiger partial charge in [-0.2, -0.15) is 0 Å². The van der Waals surface area contributed by atoms with Crippen molar-refractivity contribution in [3.63, 3.8) is 0 Å². The van der Waals surface area contributed by atoms with E-state index in [1.165, 1.54) is 25.1 Å². The summed E-state index contributed by atoms with van der Waals surface area (Å²) in [6.45, 7) is 8.92. The number of hydrogen-bond donors (Lipinski definition) is 2. The van der Waals surface area contributed by atoms with E-state index in [1.54, 1.807) is 0 Å². The van der Waals surface area contributed by atoms with Gasteiger partial charge in [0, 0.05) is 24.7 Å². The van der Waals surface area contributed by atoms with E-state index >= 15 is 0 Å². The lowest BCUT2D eigenvalue weighted by Crippen LogP contribution is -2.41. The molecule has 154 valence electrons. The molecule has 10 heteroatoms. The number of nitrogen functional groups attached to an aromatic ring is 1. The zero-order chi connectivity index (χ0) is 21.3. The molecule has 0 unspecified atom stereocenters. The van der Waals surface area contributed by atoms with Gasteiger partial charge in [-0.25, -0.2) is 0 Å². The number of nitrogens with two attached hydrogens (primary N) is 1. The van der Waals surface area contributed by atoms with Crippen LogP contribution in [0, 0.1) is 0 Å². The van der Waals surface area contributed by atoms with Crippen molar-refractivity contribution in [1.29, 1.82) is 0 Å². The average molecular weight is 400 g/mol. The van der Waals surface area contributed by atoms with Crippen LogP contribution in [0.3, 0.4) is 0 Å². The summed E-state index contributed by atoms with van der Waals surface area (Å²) in [5, 5.41) is 2.65. The number of anilines is 1. The predicted molar refractivity (Wildman–Crippen MR) is 100 cm³/mol. The maximum atomic E-state index is 12.5. The number of hydrogen-bond acceptors (Lipinski definition) is 5. The van der Waals surface area contributed by atoms with Crippen LogP contribution in [0.2, 0.25) is 0 Å². The SMILES string of the molecule is CC(=O)NCC(=Cc1cc(OC(F)(F)F)ccc1N)B1OC(C)(C)C(C)(C)O1. The summed E-state index contributed by atoms with van der Waals surface area (Å²) in [6.07, 6.45) is -3.28. The Morgan fingerprint density at radius 3 is 2.32 bits per heavy atom. The topological polar surface area (TPSA) is 82.8 Å². The fourth-order valence-electron chi connectivity index (χ4n) is 2.50. The number of ether oxygens (including phenoxy) is 1. The smallest absolute Gasteiger partial charge is 0.406 e. The van der Waals surface area contributed by atoms with E-state index in [-0.39, 0.29) is 23.7 Å². The van der Waals surface area contributed by atoms with Crippen molar-refractivity contribution in [1.82, 2.24) is 5.32 Å². The highest BCUT2D eigenvalue weighted by Crippen LogP contribution is 2.39. The van der Waals surface area contributed by atoms with Crippen molar-refractivity contribution in [2.24, 2.45) is 0 Å². The van der Waals surface area contributed by atoms with Crippen molar-refractivity contribution >= 4 is 24.8 Å². The van der Waals surface area contributed by atoms with Crippen molar-refractivity contribution in [3.8, 4) is 5.75 Å². The first-order valence-corrected chi connectivity index (χ1v) is 8.66. The van der Waals surface area contributed by atoms with E-state index in [0.29, 0.717) is 5.47 Å². The minimum atomic E-state index is -4.82. The highest BCUT2D eigenvalue weighted by atomic mass is 19.4. The van der Waals surface area contributed by atoms with Crippen molar-refractivity contribution in [2.75, 3.05) is 12.3 Å². The molecule has 1 fully saturated rings. The molecular formula is C18H24BF3N2O4. The average Bonchev–Trinajstić information content (AvgIpc) is 2.73. The normalized spacial score (nSPS) is 18.9. The first-order valence-electron chi connectivity index (χ1n) is 8.66. The van der Waals surface area contributed by atoms with E-state index in [4.69, 9.17) is 15.0 Å². The Kier molecular flexibility index (Phi) is 6.05. The van der Waals surface area contributed by atoms with Crippen LogP contribution in [0.4, 0.5) is 18.9 Å². The maximum Gasteiger partial charge on any atom is 0.573 e. The molecule has 1 aromatic rings. The molecule has 1 aromatic carbocycles. The number of halogens is 3. The summed E-state index contributed by atoms with van der Waals surface area (Å²) in [5.74, 6) is -0.676. The molecule has 0 spiro atoms. The molecule has 2 rings (SSSR count). The lowest BCUT2D eigenvalue weighted by Gasteiger charge is -2.32. The van der Waals surface area contributed by atoms with E-state index in [2.05, 4.69) is 10.1 Å². The summed E-state index contributed by atoms with van der Waals surface area (Å²) in [5.41, 5.74) is 5.70. The molecule has 1 heterocycles. The van der Waals surface area contributed by atoms with E-state index < -0.39 is 30.4 Å². The van der Waals surface area contributed by atoms with Crippen LogP contribution < -0.4 is 15.8 Å². The number of nitrogens with one attached hydrogen (secondary N) is 1. The second-order valence-electron chi connectivity index (χ2n) is 7.56. The van der Waals surface area contributed by atoms with E-state index in [1.807, 2.05) is 27.7 Å². The van der Waals surface area contributed by atoms with Crippen LogP contribution in [0.15, 0.2) is 23.7 Å². The summed E-state index contributed by atoms with van der Waals surface area (Å²) in [7, 11) is -0.802. The van der Waals surface area contributed by atoms with Gasteiger partial charge in [0.2, 0.25) is 5.91 Å². The van der Waals surface area contributed by atoms with Crippen molar-refractivity contribution < 1.29 is 32.0 Å². The number of carbonyl (C=O) groups is 1. The molecule has 28 heavy (non-hydrogen) atoms. The van der Waals surface area contributed by atoms with Gasteiger partial charge in [-0.15, -0.1) is 13.2 Å². The standard InChI is InChI=1S/C18H24BF3N2O4/c1-11(25)24-10-13(19-27-16(2,3)17(4,5)28-19)8-12-9-14(6-7-15(12)23)26-18(20,21)22/h6-9H,10,23H2,1-5H3,(H,24,25). The largest absolute Gasteiger partial charge is 0.573 e. The van der Waals surface area contributed by atoms with E-state index in [0.717, 1.165) is 6.07 Å². The van der Waals surface area contributed by atoms with Crippen molar-refractivity contribution in [2.45, 2.75) is 52.2 Å². The van der Waals surface area contributed by atoms with Gasteiger partial charge in [0.25, 0.3) is 0 Å². The van der Waals surface area contributed by atoms with Gasteiger partial charge in [-0.05, 0) is 51.4 Å². The van der Waals surface area contributed by atoms with Gasteiger partial charge in [0.05, 0.1) is 11.2 Å². The van der Waals surface area contributed by atoms with Crippen LogP contribution >= 0.6 is 0 Å². The molecule has 1 aliphatic rings. The van der Waals surface area contributed by atoms with Gasteiger partial charge in [-0.1, -0.05) is 6.08 Å². The molecule has 1 amide bonds. The number of benzene rings is 1. The van der Waals surface area contributed by atoms with Gasteiger partial charge in [-0.3, -0.25) is 4.79 Å². The first-order chi connectivity index (χ1) is 12.7. The Hall–Kier alpha value is -2.20. The Bertz CT molecular complexity index is 763. The second kappa shape index (κ2) is 7.67. The fraction of sp³-hybridized carbons (Fsp3) is 0.500. The third-order valence-electron chi connectivity index (χ3n) is 4.73. The molecule has 0 aromatic heterocycles. The summed E-state index contributed by atoms with van der Waals surface area (Å²) < 4.78 is 53.4. The number of alkyl halides is 3. The molecule has 0 saturated carbocycles. The highest BCUT2D eigenvalue weighted by molar-refractivity contribution is 6.56. The van der Waals surface area contributed by atoms with Crippen molar-refractivity contribution in [3.05, 3.63) is 29.2 Å². The second-order valence-corrected chi connectivity index (χ2v) is 7.56. The fourth-order valence-corrected chi connectivity index (χ4v) is 2.50. The Balaban J connectivity index is 2.40. The quantitative estimate of drug-likeness (QED) is 0.586. The van der Waals surface area contributed by atoms with Gasteiger partial charge < -0.3 is 25.1 Å². The van der Waals surface area contributed by atoms with E-state index in [9.17, 15) is 18.0 Å². The first kappa shape index (κ1) is 22.1. The van der Waals surface area contributed by atoms with Gasteiger partial charge in [0.15, 0.2) is 0 Å². The van der Waals surface area contributed by atoms with Crippen LogP contribution in [0.5, 0.6) is 5.75 Å². The summed E-state index contributed by atoms with van der Waals surface area (Å²) >= 11 is 0. The summed E-state index contributed by atoms with van der Waals surface area (Å²) in [4.78, 5) is 11.4. The minimum absolute atomic E-state index is 0.0793. The van der Waals surface area contributed by atoms with Gasteiger partial charge >= 0.3 is 13.5 Å². The highest BCUT2D eigenvalue weighted by Gasteiger charge is 2.52. The van der Waals surface area contributed by atoms with Crippen LogP contribution in [-0.4, -0.2) is 37.1 Å². The number of amides is 1. The predicted octanol–water partition coefficient (Wildman–Crippen LogP) is 3.32. The third kappa shape index (κ3) is 5.42. The summed E-state index contributed by atoms with van der Waals surface area (Å²) in [6, 6.07) is 3.61. The zero-order valence-corrected chi connectivity index (χ0v) is 16.4. The molecule has 0 bridgehead atoms. The zero-order valence-electron chi connectivity index (χ0n) is 16.4. The number of rotatable bonds is 5. The minimum Gasteiger partial charge on any atom is -0.406 e. The monoisotopic (exact) mass is 400 g/mol. The Labute approximate surface area is 162 Å². The molecule has 0 radical (unpaired) electrons. The Morgan fingerprint density at radius 1 is 1.25 bits per heavy atom. The lowest BCUT2D eigenvalue weighted by atomic mass is 9.76. The molecule has 0 aliphatic carbocycles. The van der Waals surface area contributed by atoms with Crippen LogP contribution in [0.25, 0.3) is 6.08 Å².